The summed E-state index contributed by atoms with van der Waals surface area (Å²) in [4.78, 5) is 107. The minimum atomic E-state index is -2.19. The number of rotatable bonds is 21. The highest BCUT2D eigenvalue weighted by Crippen LogP contribution is 2.34. The van der Waals surface area contributed by atoms with Crippen LogP contribution >= 0.6 is 0 Å². The molecule has 394 valence electrons. The smallest absolute Gasteiger partial charge is 0.271 e. The molecule has 6 unspecified atom stereocenters. The summed E-state index contributed by atoms with van der Waals surface area (Å²) < 4.78 is 0. The van der Waals surface area contributed by atoms with Crippen molar-refractivity contribution in [2.45, 2.75) is 43.5 Å². The van der Waals surface area contributed by atoms with E-state index in [1.807, 2.05) is 17.4 Å². The third-order valence-electron chi connectivity index (χ3n) is 10.7. The molecule has 1 aromatic heterocycles. The normalized spacial score (nSPS) is 13.1. The summed E-state index contributed by atoms with van der Waals surface area (Å²) in [6.45, 7) is -0.334. The van der Waals surface area contributed by atoms with Crippen molar-refractivity contribution in [1.29, 1.82) is 0 Å². The quantitative estimate of drug-likeness (QED) is 0.0184. The van der Waals surface area contributed by atoms with Gasteiger partial charge in [0.2, 0.25) is 36.8 Å². The van der Waals surface area contributed by atoms with Crippen molar-refractivity contribution < 1.29 is 39.0 Å². The number of hydrogen-bond acceptors (Lipinski definition) is 15. The summed E-state index contributed by atoms with van der Waals surface area (Å²) in [6, 6.07) is 32.0. The minimum absolute atomic E-state index is 0.0649. The number of fused-ring (bicyclic) bond motifs is 2. The number of nitrogens with zero attached hydrogens (tertiary/aromatic N) is 7. The van der Waals surface area contributed by atoms with E-state index >= 15 is 0 Å². The molecule has 0 fully saturated rings. The van der Waals surface area contributed by atoms with E-state index in [1.165, 1.54) is 35.2 Å². The maximum absolute atomic E-state index is 14.7. The maximum Gasteiger partial charge on any atom is 0.271 e. The van der Waals surface area contributed by atoms with E-state index in [-0.39, 0.29) is 29.5 Å². The van der Waals surface area contributed by atoms with Gasteiger partial charge in [-0.25, -0.2) is 29.9 Å². The van der Waals surface area contributed by atoms with Gasteiger partial charge in [-0.1, -0.05) is 103 Å². The van der Waals surface area contributed by atoms with Crippen LogP contribution < -0.4 is 83.1 Å². The average molecular weight is 1040 g/mol. The van der Waals surface area contributed by atoms with Crippen LogP contribution in [0.25, 0.3) is 33.1 Å². The second-order valence-electron chi connectivity index (χ2n) is 16.2. The molecule has 6 amide bonds. The van der Waals surface area contributed by atoms with Crippen molar-refractivity contribution in [2.75, 3.05) is 4.90 Å². The lowest BCUT2D eigenvalue weighted by molar-refractivity contribution is -0.136. The topological polar surface area (TPSA) is 516 Å². The van der Waals surface area contributed by atoms with Crippen LogP contribution in [0.3, 0.4) is 0 Å². The van der Waals surface area contributed by atoms with Gasteiger partial charge in [0.25, 0.3) is 29.5 Å². The fourth-order valence-corrected chi connectivity index (χ4v) is 7.33. The molecule has 0 saturated carbocycles. The van der Waals surface area contributed by atoms with Crippen molar-refractivity contribution >= 4 is 86.8 Å². The molecule has 0 aliphatic carbocycles. The number of phenolic OH excluding ortho intramolecular Hbond substituents is 1. The van der Waals surface area contributed by atoms with Gasteiger partial charge in [0.05, 0.1) is 12.1 Å². The molecule has 0 aliphatic rings. The maximum atomic E-state index is 14.7. The Kier molecular flexibility index (Phi) is 17.6. The first-order valence-corrected chi connectivity index (χ1v) is 22.4. The fourth-order valence-electron chi connectivity index (χ4n) is 7.33. The molecule has 0 saturated heterocycles. The molecule has 0 bridgehead atoms. The number of nitrogens with one attached hydrogen (secondary N) is 5. The molecule has 5 aromatic carbocycles. The van der Waals surface area contributed by atoms with E-state index in [9.17, 15) is 39.0 Å². The number of aliphatic imine (C=N–C) groups is 4. The lowest BCUT2D eigenvalue weighted by Crippen LogP contribution is -2.58. The SMILES string of the molecule is NC(=O)C(N=C(N)N)NC(=O)C(N=C(N)N)NC(=O)C(N=C(N)N)NC(=O)C(N=C(N)N)NC(=O)C(NC(=O)C(O)N(Cc1c(O)ccc2ccccc12)c1nc(-c2ccccc2)nc2ccccc12)c1ccccc1. The van der Waals surface area contributed by atoms with Crippen LogP contribution in [0.2, 0.25) is 0 Å². The van der Waals surface area contributed by atoms with Gasteiger partial charge < -0.3 is 93.3 Å². The Balaban J connectivity index is 1.33. The highest BCUT2D eigenvalue weighted by molar-refractivity contribution is 6.00. The number of guanidine groups is 4. The van der Waals surface area contributed by atoms with Crippen molar-refractivity contribution in [3.05, 3.63) is 132 Å². The number of aromatic nitrogens is 2. The van der Waals surface area contributed by atoms with E-state index in [0.717, 1.165) is 5.39 Å². The number of para-hydroxylation sites is 1. The second-order valence-corrected chi connectivity index (χ2v) is 16.2. The molecule has 1 heterocycles. The average Bonchev–Trinajstić information content (AvgIpc) is 3.38. The number of aliphatic hydroxyl groups excluding tert-OH is 1. The number of aliphatic hydroxyl groups is 1. The lowest BCUT2D eigenvalue weighted by atomic mass is 10.0. The van der Waals surface area contributed by atoms with Crippen molar-refractivity contribution in [3.63, 3.8) is 0 Å². The van der Waals surface area contributed by atoms with E-state index in [1.54, 1.807) is 78.9 Å². The number of anilines is 1. The van der Waals surface area contributed by atoms with Crippen molar-refractivity contribution in [1.82, 2.24) is 36.6 Å². The van der Waals surface area contributed by atoms with E-state index in [0.29, 0.717) is 27.4 Å². The van der Waals surface area contributed by atoms with Crippen LogP contribution in [0.15, 0.2) is 141 Å². The van der Waals surface area contributed by atoms with Gasteiger partial charge in [-0.15, -0.1) is 0 Å². The number of nitrogens with two attached hydrogens (primary N) is 9. The summed E-state index contributed by atoms with van der Waals surface area (Å²) >= 11 is 0. The summed E-state index contributed by atoms with van der Waals surface area (Å²) in [7, 11) is 0. The molecule has 29 nitrogen and oxygen atoms in total. The van der Waals surface area contributed by atoms with E-state index in [4.69, 9.17) is 61.6 Å². The minimum Gasteiger partial charge on any atom is -0.508 e. The predicted octanol–water partition coefficient (Wildman–Crippen LogP) is -4.31. The Morgan fingerprint density at radius 1 is 0.500 bits per heavy atom. The van der Waals surface area contributed by atoms with Crippen LogP contribution in [0.1, 0.15) is 17.2 Å². The predicted molar refractivity (Wildman–Crippen MR) is 280 cm³/mol. The molecule has 0 aliphatic heterocycles. The number of carbonyl (C=O) groups excluding carboxylic acids is 6. The van der Waals surface area contributed by atoms with Gasteiger partial charge in [-0.3, -0.25) is 28.8 Å². The first kappa shape index (κ1) is 54.5. The Bertz CT molecular complexity index is 3250. The number of hydrogen-bond donors (Lipinski definition) is 16. The zero-order valence-electron chi connectivity index (χ0n) is 39.9. The third-order valence-corrected chi connectivity index (χ3v) is 10.7. The molecular weight excluding hydrogens is 987 g/mol. The van der Waals surface area contributed by atoms with Gasteiger partial charge in [-0.2, -0.15) is 0 Å². The van der Waals surface area contributed by atoms with Gasteiger partial charge >= 0.3 is 0 Å². The standard InChI is InChI=1S/C47H53N21O8/c48-31(70)33(64-44(49)50)60-39(72)35(66-46(53)54)62-41(74)36(67-47(55)56)63-40(73)34(65-45(51)52)61-38(71)30(23-12-3-1-4-13-23)58-42(75)43(76)68(21-27-25-16-8-7-11-22(25)19-20-29(27)69)37-26-17-9-10-18-28(26)57-32(59-37)24-14-5-2-6-15-24/h1-20,30,33-36,43,69,76H,21H2,(H2,48,70)(H,58,75)(H,60,72)(H,61,71)(H,62,74)(H,63,73)(H4,49,50,64)(H4,51,52,65)(H4,53,54,66)(H4,55,56,67). The summed E-state index contributed by atoms with van der Waals surface area (Å²) in [5, 5.41) is 36.5. The fraction of sp³-hybridized carbons (Fsp3) is 0.149. The van der Waals surface area contributed by atoms with Crippen LogP contribution in [-0.4, -0.2) is 110 Å². The van der Waals surface area contributed by atoms with Crippen LogP contribution in [0, 0.1) is 0 Å². The van der Waals surface area contributed by atoms with E-state index < -0.39 is 96.2 Å². The first-order chi connectivity index (χ1) is 36.2. The Morgan fingerprint density at radius 3 is 1.50 bits per heavy atom. The van der Waals surface area contributed by atoms with Gasteiger partial charge in [-0.05, 0) is 34.5 Å². The van der Waals surface area contributed by atoms with Crippen LogP contribution in [0.5, 0.6) is 5.75 Å². The Morgan fingerprint density at radius 2 is 0.961 bits per heavy atom. The molecular formula is C47H53N21O8. The molecule has 6 rings (SSSR count). The van der Waals surface area contributed by atoms with Crippen LogP contribution in [0.4, 0.5) is 5.82 Å². The molecule has 25 N–H and O–H groups in total. The molecule has 6 atom stereocenters. The van der Waals surface area contributed by atoms with Crippen molar-refractivity contribution in [3.8, 4) is 17.1 Å². The second kappa shape index (κ2) is 24.5. The third kappa shape index (κ3) is 14.0. The molecule has 6 aromatic rings. The first-order valence-electron chi connectivity index (χ1n) is 22.4. The number of carbonyl (C=O) groups is 6. The molecule has 76 heavy (non-hydrogen) atoms. The van der Waals surface area contributed by atoms with Crippen molar-refractivity contribution in [2.24, 2.45) is 71.6 Å². The molecule has 29 heteroatoms. The Labute approximate surface area is 430 Å². The summed E-state index contributed by atoms with van der Waals surface area (Å²) in [5.74, 6) is -10.5. The summed E-state index contributed by atoms with van der Waals surface area (Å²) in [5.41, 5.74) is 50.8. The van der Waals surface area contributed by atoms with Crippen LogP contribution in [-0.2, 0) is 35.3 Å². The lowest BCUT2D eigenvalue weighted by Gasteiger charge is -2.31. The zero-order chi connectivity index (χ0) is 55.2. The summed E-state index contributed by atoms with van der Waals surface area (Å²) in [6.07, 6.45) is -10.5. The largest absolute Gasteiger partial charge is 0.508 e. The van der Waals surface area contributed by atoms with Gasteiger partial charge in [0.1, 0.15) is 17.6 Å². The van der Waals surface area contributed by atoms with Gasteiger partial charge in [0, 0.05) is 16.5 Å². The number of phenols is 1. The van der Waals surface area contributed by atoms with E-state index in [2.05, 4.69) is 41.2 Å². The zero-order valence-corrected chi connectivity index (χ0v) is 39.9. The monoisotopic (exact) mass is 1040 g/mol. The number of primary amides is 1. The molecule has 0 radical (unpaired) electrons. The highest BCUT2D eigenvalue weighted by atomic mass is 16.3. The van der Waals surface area contributed by atoms with Gasteiger partial charge in [0.15, 0.2) is 29.7 Å². The highest BCUT2D eigenvalue weighted by Gasteiger charge is 2.36. The Hall–Kier alpha value is -10.8. The number of amides is 6. The molecule has 0 spiro atoms. The number of benzene rings is 5. The number of aromatic hydroxyl groups is 1.